The van der Waals surface area contributed by atoms with Crippen LogP contribution in [0.3, 0.4) is 0 Å². The Balaban J connectivity index is 1.71. The van der Waals surface area contributed by atoms with Crippen molar-refractivity contribution in [2.24, 2.45) is 0 Å². The minimum absolute atomic E-state index is 0.0535. The number of aromatic nitrogens is 2. The molecule has 4 aromatic rings. The largest absolute Gasteiger partial charge is 0.478 e. The summed E-state index contributed by atoms with van der Waals surface area (Å²) in [4.78, 5) is 11.1. The van der Waals surface area contributed by atoms with Gasteiger partial charge in [0.15, 0.2) is 5.82 Å². The Hall–Kier alpha value is -3.85. The second-order valence-corrected chi connectivity index (χ2v) is 7.74. The van der Waals surface area contributed by atoms with Gasteiger partial charge in [-0.2, -0.15) is 18.3 Å². The molecule has 174 valence electrons. The smallest absolute Gasteiger partial charge is 0.416 e. The molecule has 0 spiro atoms. The fraction of sp³-hybridized carbons (Fsp3) is 0.0833. The van der Waals surface area contributed by atoms with E-state index in [9.17, 15) is 22.4 Å². The van der Waals surface area contributed by atoms with Crippen LogP contribution in [0.25, 0.3) is 16.9 Å². The summed E-state index contributed by atoms with van der Waals surface area (Å²) in [6.07, 6.45) is -2.84. The molecule has 0 unspecified atom stereocenters. The van der Waals surface area contributed by atoms with Crippen molar-refractivity contribution in [3.05, 3.63) is 100 Å². The highest BCUT2D eigenvalue weighted by Gasteiger charge is 2.30. The van der Waals surface area contributed by atoms with E-state index >= 15 is 0 Å². The second kappa shape index (κ2) is 9.18. The van der Waals surface area contributed by atoms with Crippen LogP contribution in [-0.2, 0) is 12.7 Å². The van der Waals surface area contributed by atoms with E-state index in [4.69, 9.17) is 16.7 Å². The molecule has 0 aliphatic carbocycles. The number of nitrogens with one attached hydrogen (secondary N) is 1. The van der Waals surface area contributed by atoms with E-state index in [1.54, 1.807) is 24.4 Å². The molecule has 4 rings (SSSR count). The van der Waals surface area contributed by atoms with Crippen molar-refractivity contribution in [2.45, 2.75) is 12.7 Å². The molecular formula is C24H16ClF4N3O2. The zero-order valence-electron chi connectivity index (χ0n) is 17.3. The fourth-order valence-corrected chi connectivity index (χ4v) is 3.49. The van der Waals surface area contributed by atoms with Crippen LogP contribution in [0.1, 0.15) is 21.5 Å². The lowest BCUT2D eigenvalue weighted by atomic mass is 10.1. The number of anilines is 1. The first-order chi connectivity index (χ1) is 16.1. The monoisotopic (exact) mass is 489 g/mol. The highest BCUT2D eigenvalue weighted by molar-refractivity contribution is 6.31. The summed E-state index contributed by atoms with van der Waals surface area (Å²) in [5.41, 5.74) is 1.38. The average molecular weight is 490 g/mol. The third kappa shape index (κ3) is 4.89. The number of rotatable bonds is 6. The van der Waals surface area contributed by atoms with Crippen molar-refractivity contribution in [2.75, 3.05) is 5.32 Å². The molecule has 0 saturated heterocycles. The van der Waals surface area contributed by atoms with Crippen LogP contribution in [0.2, 0.25) is 5.02 Å². The number of alkyl halides is 3. The molecule has 0 saturated carbocycles. The van der Waals surface area contributed by atoms with Crippen LogP contribution < -0.4 is 5.32 Å². The van der Waals surface area contributed by atoms with Crippen LogP contribution in [0.5, 0.6) is 0 Å². The molecule has 0 atom stereocenters. The molecule has 10 heteroatoms. The first-order valence-corrected chi connectivity index (χ1v) is 10.3. The molecule has 0 radical (unpaired) electrons. The van der Waals surface area contributed by atoms with E-state index in [1.165, 1.54) is 41.1 Å². The Morgan fingerprint density at radius 1 is 1.03 bits per heavy atom. The van der Waals surface area contributed by atoms with E-state index in [-0.39, 0.29) is 22.8 Å². The Bertz CT molecular complexity index is 1330. The summed E-state index contributed by atoms with van der Waals surface area (Å²) in [7, 11) is 0. The number of hydrogen-bond donors (Lipinski definition) is 2. The highest BCUT2D eigenvalue weighted by atomic mass is 35.5. The van der Waals surface area contributed by atoms with Gasteiger partial charge >= 0.3 is 12.1 Å². The maximum atomic E-state index is 14.3. The lowest BCUT2D eigenvalue weighted by molar-refractivity contribution is -0.137. The van der Waals surface area contributed by atoms with Gasteiger partial charge in [0.25, 0.3) is 0 Å². The zero-order valence-corrected chi connectivity index (χ0v) is 18.0. The summed E-state index contributed by atoms with van der Waals surface area (Å²) in [6.45, 7) is 0.0980. The van der Waals surface area contributed by atoms with E-state index in [2.05, 4.69) is 10.4 Å². The minimum atomic E-state index is -4.47. The number of benzene rings is 3. The maximum Gasteiger partial charge on any atom is 0.416 e. The quantitative estimate of drug-likeness (QED) is 0.297. The number of carboxylic acids is 1. The van der Waals surface area contributed by atoms with Gasteiger partial charge in [-0.3, -0.25) is 0 Å². The first-order valence-electron chi connectivity index (χ1n) is 9.91. The van der Waals surface area contributed by atoms with Crippen molar-refractivity contribution in [1.82, 2.24) is 9.78 Å². The summed E-state index contributed by atoms with van der Waals surface area (Å²) in [6, 6.07) is 15.0. The maximum absolute atomic E-state index is 14.3. The minimum Gasteiger partial charge on any atom is -0.478 e. The summed E-state index contributed by atoms with van der Waals surface area (Å²) in [5, 5.41) is 16.5. The van der Waals surface area contributed by atoms with Crippen molar-refractivity contribution >= 4 is 23.3 Å². The van der Waals surface area contributed by atoms with Crippen molar-refractivity contribution < 1.29 is 27.5 Å². The van der Waals surface area contributed by atoms with Crippen molar-refractivity contribution in [1.29, 1.82) is 0 Å². The normalized spacial score (nSPS) is 11.4. The Morgan fingerprint density at radius 3 is 2.32 bits per heavy atom. The van der Waals surface area contributed by atoms with Gasteiger partial charge in [-0.15, -0.1) is 0 Å². The Labute approximate surface area is 196 Å². The molecule has 34 heavy (non-hydrogen) atoms. The molecule has 0 aliphatic rings. The second-order valence-electron chi connectivity index (χ2n) is 7.33. The van der Waals surface area contributed by atoms with Gasteiger partial charge < -0.3 is 10.4 Å². The molecular weight excluding hydrogens is 474 g/mol. The van der Waals surface area contributed by atoms with Crippen LogP contribution in [0.15, 0.2) is 72.9 Å². The molecule has 0 fully saturated rings. The lowest BCUT2D eigenvalue weighted by Gasteiger charge is -2.09. The molecule has 3 aromatic carbocycles. The Kier molecular flexibility index (Phi) is 6.30. The van der Waals surface area contributed by atoms with E-state index in [1.807, 2.05) is 0 Å². The molecule has 1 aromatic heterocycles. The molecule has 1 heterocycles. The summed E-state index contributed by atoms with van der Waals surface area (Å²) < 4.78 is 54.7. The van der Waals surface area contributed by atoms with Gasteiger partial charge in [0, 0.05) is 23.9 Å². The predicted octanol–water partition coefficient (Wildman–Crippen LogP) is 6.66. The lowest BCUT2D eigenvalue weighted by Crippen LogP contribution is -2.04. The van der Waals surface area contributed by atoms with Gasteiger partial charge in [-0.25, -0.2) is 13.9 Å². The molecule has 0 bridgehead atoms. The van der Waals surface area contributed by atoms with Crippen molar-refractivity contribution in [3.8, 4) is 16.9 Å². The third-order valence-electron chi connectivity index (χ3n) is 5.08. The fourth-order valence-electron chi connectivity index (χ4n) is 3.32. The van der Waals surface area contributed by atoms with Gasteiger partial charge in [-0.05, 0) is 48.5 Å². The Morgan fingerprint density at radius 2 is 1.71 bits per heavy atom. The van der Waals surface area contributed by atoms with E-state index < -0.39 is 23.5 Å². The number of carbonyl (C=O) groups is 1. The van der Waals surface area contributed by atoms with Crippen LogP contribution in [0.4, 0.5) is 23.2 Å². The standard InChI is InChI=1S/C24H16ClF4N3O2/c25-19-2-1-3-20(21(19)26)30-12-16-13-32(18-10-6-15(7-11-18)23(33)34)31-22(16)14-4-8-17(9-5-14)24(27,28)29/h1-11,13,30H,12H2,(H,33,34). The highest BCUT2D eigenvalue weighted by Crippen LogP contribution is 2.32. The van der Waals surface area contributed by atoms with Gasteiger partial charge in [0.05, 0.1) is 33.2 Å². The molecule has 0 aliphatic heterocycles. The summed E-state index contributed by atoms with van der Waals surface area (Å²) >= 11 is 5.83. The summed E-state index contributed by atoms with van der Waals surface area (Å²) in [5.74, 6) is -1.71. The van der Waals surface area contributed by atoms with E-state index in [0.717, 1.165) is 12.1 Å². The van der Waals surface area contributed by atoms with Crippen LogP contribution in [-0.4, -0.2) is 20.9 Å². The van der Waals surface area contributed by atoms with E-state index in [0.29, 0.717) is 22.5 Å². The predicted molar refractivity (Wildman–Crippen MR) is 120 cm³/mol. The number of nitrogens with zero attached hydrogens (tertiary/aromatic N) is 2. The van der Waals surface area contributed by atoms with Gasteiger partial charge in [-0.1, -0.05) is 29.8 Å². The third-order valence-corrected chi connectivity index (χ3v) is 5.37. The molecule has 5 nitrogen and oxygen atoms in total. The zero-order chi connectivity index (χ0) is 24.5. The van der Waals surface area contributed by atoms with Crippen LogP contribution >= 0.6 is 11.6 Å². The average Bonchev–Trinajstić information content (AvgIpc) is 3.24. The van der Waals surface area contributed by atoms with Crippen molar-refractivity contribution in [3.63, 3.8) is 0 Å². The van der Waals surface area contributed by atoms with Crippen LogP contribution in [0, 0.1) is 5.82 Å². The first kappa shape index (κ1) is 23.3. The number of aromatic carboxylic acids is 1. The SMILES string of the molecule is O=C(O)c1ccc(-n2cc(CNc3cccc(Cl)c3F)c(-c3ccc(C(F)(F)F)cc3)n2)cc1. The van der Waals surface area contributed by atoms with Gasteiger partial charge in [0.1, 0.15) is 0 Å². The van der Waals surface area contributed by atoms with Gasteiger partial charge in [0.2, 0.25) is 0 Å². The topological polar surface area (TPSA) is 67.2 Å². The number of hydrogen-bond acceptors (Lipinski definition) is 3. The number of carboxylic acid groups (broad SMARTS) is 1. The molecule has 2 N–H and O–H groups in total. The number of halogens is 5. The molecule has 0 amide bonds.